The molecular weight excluding hydrogens is 166 g/mol. The fraction of sp³-hybridized carbons (Fsp3) is 0.400. The van der Waals surface area contributed by atoms with Crippen LogP contribution in [0.4, 0.5) is 0 Å². The second kappa shape index (κ2) is 4.84. The van der Waals surface area contributed by atoms with Gasteiger partial charge in [-0.1, -0.05) is 12.1 Å². The van der Waals surface area contributed by atoms with Crippen molar-refractivity contribution in [3.8, 4) is 5.75 Å². The maximum Gasteiger partial charge on any atom is 0.188 e. The number of ether oxygens (including phenoxy) is 2. The number of hydrogen-bond donors (Lipinski definition) is 1. The number of rotatable bonds is 4. The van der Waals surface area contributed by atoms with Gasteiger partial charge in [-0.3, -0.25) is 0 Å². The van der Waals surface area contributed by atoms with Crippen molar-refractivity contribution < 1.29 is 9.47 Å². The van der Waals surface area contributed by atoms with Gasteiger partial charge in [-0.25, -0.2) is 0 Å². The zero-order chi connectivity index (χ0) is 9.68. The highest BCUT2D eigenvalue weighted by atomic mass is 16.7. The lowest BCUT2D eigenvalue weighted by atomic mass is 10.1. The van der Waals surface area contributed by atoms with Crippen molar-refractivity contribution in [2.75, 3.05) is 13.9 Å². The normalized spacial score (nSPS) is 12.5. The third kappa shape index (κ3) is 3.05. The highest BCUT2D eigenvalue weighted by Gasteiger charge is 1.98. The summed E-state index contributed by atoms with van der Waals surface area (Å²) in [5.41, 5.74) is 6.80. The smallest absolute Gasteiger partial charge is 0.188 e. The Kier molecular flexibility index (Phi) is 3.73. The first kappa shape index (κ1) is 10.0. The first-order chi connectivity index (χ1) is 6.24. The molecule has 3 heteroatoms. The minimum absolute atomic E-state index is 0.0662. The van der Waals surface area contributed by atoms with E-state index in [9.17, 15) is 0 Å². The molecule has 0 heterocycles. The lowest BCUT2D eigenvalue weighted by Gasteiger charge is -2.07. The molecule has 3 nitrogen and oxygen atoms in total. The summed E-state index contributed by atoms with van der Waals surface area (Å²) in [6.07, 6.45) is 0. The Bertz CT molecular complexity index is 244. The van der Waals surface area contributed by atoms with E-state index in [4.69, 9.17) is 15.2 Å². The van der Waals surface area contributed by atoms with Crippen LogP contribution in [-0.4, -0.2) is 13.9 Å². The van der Waals surface area contributed by atoms with Crippen LogP contribution in [0.25, 0.3) is 0 Å². The molecule has 72 valence electrons. The van der Waals surface area contributed by atoms with E-state index in [2.05, 4.69) is 0 Å². The monoisotopic (exact) mass is 181 g/mol. The van der Waals surface area contributed by atoms with Crippen LogP contribution in [0.2, 0.25) is 0 Å². The zero-order valence-electron chi connectivity index (χ0n) is 7.99. The summed E-state index contributed by atoms with van der Waals surface area (Å²) in [5.74, 6) is 0.797. The Balaban J connectivity index is 2.59. The standard InChI is InChI=1S/C10H15NO2/c1-8(11)9-3-5-10(6-4-9)13-7-12-2/h3-6,8H,7,11H2,1-2H3/t8-/m1/s1. The average Bonchev–Trinajstić information content (AvgIpc) is 2.15. The number of benzene rings is 1. The van der Waals surface area contributed by atoms with Gasteiger partial charge >= 0.3 is 0 Å². The molecule has 1 aromatic carbocycles. The van der Waals surface area contributed by atoms with Crippen LogP contribution in [0, 0.1) is 0 Å². The van der Waals surface area contributed by atoms with E-state index < -0.39 is 0 Å². The SMILES string of the molecule is COCOc1ccc([C@@H](C)N)cc1. The topological polar surface area (TPSA) is 44.5 Å². The van der Waals surface area contributed by atoms with E-state index in [0.717, 1.165) is 11.3 Å². The van der Waals surface area contributed by atoms with Gasteiger partial charge in [-0.2, -0.15) is 0 Å². The van der Waals surface area contributed by atoms with Crippen LogP contribution in [0.1, 0.15) is 18.5 Å². The Labute approximate surface area is 78.5 Å². The van der Waals surface area contributed by atoms with E-state index in [1.165, 1.54) is 0 Å². The molecule has 0 aliphatic rings. The molecule has 2 N–H and O–H groups in total. The van der Waals surface area contributed by atoms with Crippen molar-refractivity contribution in [3.05, 3.63) is 29.8 Å². The molecule has 0 radical (unpaired) electrons. The van der Waals surface area contributed by atoms with Crippen molar-refractivity contribution in [2.24, 2.45) is 5.73 Å². The van der Waals surface area contributed by atoms with Gasteiger partial charge in [-0.05, 0) is 24.6 Å². The Morgan fingerprint density at radius 2 is 1.92 bits per heavy atom. The molecule has 0 bridgehead atoms. The Morgan fingerprint density at radius 3 is 2.38 bits per heavy atom. The molecule has 0 saturated heterocycles. The molecule has 0 saturated carbocycles. The third-order valence-corrected chi connectivity index (χ3v) is 1.75. The lowest BCUT2D eigenvalue weighted by molar-refractivity contribution is 0.0511. The minimum atomic E-state index is 0.0662. The highest BCUT2D eigenvalue weighted by Crippen LogP contribution is 2.15. The predicted octanol–water partition coefficient (Wildman–Crippen LogP) is 1.69. The van der Waals surface area contributed by atoms with Gasteiger partial charge in [0.25, 0.3) is 0 Å². The molecule has 13 heavy (non-hydrogen) atoms. The van der Waals surface area contributed by atoms with Gasteiger partial charge in [0.15, 0.2) is 6.79 Å². The molecule has 1 atom stereocenters. The van der Waals surface area contributed by atoms with Crippen molar-refractivity contribution >= 4 is 0 Å². The molecule has 0 unspecified atom stereocenters. The van der Waals surface area contributed by atoms with Crippen molar-refractivity contribution in [2.45, 2.75) is 13.0 Å². The number of hydrogen-bond acceptors (Lipinski definition) is 3. The van der Waals surface area contributed by atoms with Crippen LogP contribution in [0.15, 0.2) is 24.3 Å². The molecule has 0 spiro atoms. The van der Waals surface area contributed by atoms with Gasteiger partial charge in [-0.15, -0.1) is 0 Å². The van der Waals surface area contributed by atoms with Crippen molar-refractivity contribution in [3.63, 3.8) is 0 Å². The van der Waals surface area contributed by atoms with E-state index in [1.54, 1.807) is 7.11 Å². The zero-order valence-corrected chi connectivity index (χ0v) is 7.99. The second-order valence-corrected chi connectivity index (χ2v) is 2.91. The first-order valence-corrected chi connectivity index (χ1v) is 4.21. The summed E-state index contributed by atoms with van der Waals surface area (Å²) < 4.78 is 10.0. The van der Waals surface area contributed by atoms with Gasteiger partial charge in [0, 0.05) is 13.2 Å². The second-order valence-electron chi connectivity index (χ2n) is 2.91. The molecule has 0 fully saturated rings. The van der Waals surface area contributed by atoms with Gasteiger partial charge < -0.3 is 15.2 Å². The summed E-state index contributed by atoms with van der Waals surface area (Å²) >= 11 is 0. The third-order valence-electron chi connectivity index (χ3n) is 1.75. The summed E-state index contributed by atoms with van der Waals surface area (Å²) in [7, 11) is 1.59. The summed E-state index contributed by atoms with van der Waals surface area (Å²) in [6.45, 7) is 2.22. The van der Waals surface area contributed by atoms with E-state index in [-0.39, 0.29) is 12.8 Å². The first-order valence-electron chi connectivity index (χ1n) is 4.21. The fourth-order valence-electron chi connectivity index (χ4n) is 0.995. The van der Waals surface area contributed by atoms with Gasteiger partial charge in [0.05, 0.1) is 0 Å². The molecule has 1 rings (SSSR count). The largest absolute Gasteiger partial charge is 0.468 e. The summed E-state index contributed by atoms with van der Waals surface area (Å²) in [6, 6.07) is 7.75. The van der Waals surface area contributed by atoms with Crippen LogP contribution < -0.4 is 10.5 Å². The van der Waals surface area contributed by atoms with Crippen molar-refractivity contribution in [1.82, 2.24) is 0 Å². The number of nitrogens with two attached hydrogens (primary N) is 1. The van der Waals surface area contributed by atoms with Gasteiger partial charge in [0.1, 0.15) is 5.75 Å². The Morgan fingerprint density at radius 1 is 1.31 bits per heavy atom. The lowest BCUT2D eigenvalue weighted by Crippen LogP contribution is -2.04. The van der Waals surface area contributed by atoms with Crippen molar-refractivity contribution in [1.29, 1.82) is 0 Å². The van der Waals surface area contributed by atoms with E-state index in [0.29, 0.717) is 0 Å². The maximum atomic E-state index is 5.70. The molecular formula is C10H15NO2. The molecule has 1 aromatic rings. The van der Waals surface area contributed by atoms with Crippen LogP contribution >= 0.6 is 0 Å². The Hall–Kier alpha value is -1.06. The molecule has 0 aromatic heterocycles. The summed E-state index contributed by atoms with van der Waals surface area (Å²) in [5, 5.41) is 0. The fourth-order valence-corrected chi connectivity index (χ4v) is 0.995. The molecule has 0 aliphatic carbocycles. The van der Waals surface area contributed by atoms with Gasteiger partial charge in [0.2, 0.25) is 0 Å². The minimum Gasteiger partial charge on any atom is -0.468 e. The predicted molar refractivity (Wildman–Crippen MR) is 51.5 cm³/mol. The van der Waals surface area contributed by atoms with E-state index in [1.807, 2.05) is 31.2 Å². The van der Waals surface area contributed by atoms with Crippen LogP contribution in [0.3, 0.4) is 0 Å². The average molecular weight is 181 g/mol. The maximum absolute atomic E-state index is 5.70. The van der Waals surface area contributed by atoms with Crippen LogP contribution in [-0.2, 0) is 4.74 Å². The van der Waals surface area contributed by atoms with E-state index >= 15 is 0 Å². The quantitative estimate of drug-likeness (QED) is 0.719. The molecule has 0 amide bonds. The number of methoxy groups -OCH3 is 1. The van der Waals surface area contributed by atoms with Crippen LogP contribution in [0.5, 0.6) is 5.75 Å². The molecule has 0 aliphatic heterocycles. The highest BCUT2D eigenvalue weighted by molar-refractivity contribution is 5.28. The summed E-state index contributed by atoms with van der Waals surface area (Å²) in [4.78, 5) is 0.